The van der Waals surface area contributed by atoms with E-state index in [0.717, 1.165) is 49.3 Å². The second-order valence-electron chi connectivity index (χ2n) is 10.5. The van der Waals surface area contributed by atoms with Gasteiger partial charge in [0.05, 0.1) is 5.56 Å². The molecule has 1 aliphatic rings. The Morgan fingerprint density at radius 1 is 0.886 bits per heavy atom. The Hall–Kier alpha value is -4.85. The summed E-state index contributed by atoms with van der Waals surface area (Å²) in [6.07, 6.45) is 5.21. The first-order valence-electron chi connectivity index (χ1n) is 14.8. The van der Waals surface area contributed by atoms with Crippen LogP contribution >= 0.6 is 0 Å². The van der Waals surface area contributed by atoms with Crippen molar-refractivity contribution >= 4 is 17.9 Å². The van der Waals surface area contributed by atoms with E-state index < -0.39 is 18.2 Å². The summed E-state index contributed by atoms with van der Waals surface area (Å²) in [6, 6.07) is 21.2. The third-order valence-corrected chi connectivity index (χ3v) is 7.13. The molecule has 3 unspecified atom stereocenters. The third kappa shape index (κ3) is 9.07. The van der Waals surface area contributed by atoms with Crippen molar-refractivity contribution < 1.29 is 38.1 Å². The molecule has 3 aromatic rings. The minimum atomic E-state index is -0.749. The van der Waals surface area contributed by atoms with Crippen molar-refractivity contribution in [3.05, 3.63) is 103 Å². The average Bonchev–Trinajstić information content (AvgIpc) is 3.37. The topological polar surface area (TPSA) is 97.4 Å². The lowest BCUT2D eigenvalue weighted by Gasteiger charge is -2.24. The zero-order valence-corrected chi connectivity index (χ0v) is 25.2. The van der Waals surface area contributed by atoms with Crippen molar-refractivity contribution in [2.45, 2.75) is 70.9 Å². The standard InChI is InChI=1S/C36H38O8/c1-5-7-8-9-10-32(33-23-24(3)35(38)44-33)42-30-21-15-28(16-22-30)36(39)43-31-19-13-27(14-20-31)26-11-17-29(18-12-26)40-25(4)41-34(37)6-2/h6,11-22,25,32-33H,2-3,5,7-10,23H2,1,4H3. The monoisotopic (exact) mass is 598 g/mol. The predicted octanol–water partition coefficient (Wildman–Crippen LogP) is 7.62. The van der Waals surface area contributed by atoms with Gasteiger partial charge in [-0.3, -0.25) is 0 Å². The van der Waals surface area contributed by atoms with Gasteiger partial charge in [-0.25, -0.2) is 14.4 Å². The maximum Gasteiger partial charge on any atom is 0.343 e. The van der Waals surface area contributed by atoms with Gasteiger partial charge >= 0.3 is 17.9 Å². The number of unbranched alkanes of at least 4 members (excludes halogenated alkanes) is 3. The first kappa shape index (κ1) is 32.1. The van der Waals surface area contributed by atoms with Gasteiger partial charge in [0.25, 0.3) is 0 Å². The Kier molecular flexibility index (Phi) is 11.3. The van der Waals surface area contributed by atoms with Crippen LogP contribution in [0.25, 0.3) is 11.1 Å². The Morgan fingerprint density at radius 3 is 2.05 bits per heavy atom. The van der Waals surface area contributed by atoms with Crippen molar-refractivity contribution in [1.29, 1.82) is 0 Å². The van der Waals surface area contributed by atoms with Gasteiger partial charge in [0.15, 0.2) is 0 Å². The zero-order chi connectivity index (χ0) is 31.5. The number of carbonyl (C=O) groups is 3. The fourth-order valence-electron chi connectivity index (χ4n) is 4.77. The number of benzene rings is 3. The quantitative estimate of drug-likeness (QED) is 0.0580. The van der Waals surface area contributed by atoms with Gasteiger partial charge < -0.3 is 23.7 Å². The van der Waals surface area contributed by atoms with Crippen molar-refractivity contribution in [1.82, 2.24) is 0 Å². The fraction of sp³-hybridized carbons (Fsp3) is 0.306. The van der Waals surface area contributed by atoms with Gasteiger partial charge in [-0.2, -0.15) is 0 Å². The van der Waals surface area contributed by atoms with E-state index in [1.54, 1.807) is 55.5 Å². The molecule has 0 amide bonds. The first-order chi connectivity index (χ1) is 21.2. The van der Waals surface area contributed by atoms with Gasteiger partial charge in [0.2, 0.25) is 6.29 Å². The summed E-state index contributed by atoms with van der Waals surface area (Å²) < 4.78 is 27.9. The maximum absolute atomic E-state index is 12.8. The lowest BCUT2D eigenvalue weighted by atomic mass is 10.0. The molecule has 0 saturated carbocycles. The minimum Gasteiger partial charge on any atom is -0.487 e. The number of hydrogen-bond acceptors (Lipinski definition) is 8. The molecule has 0 bridgehead atoms. The number of ether oxygens (including phenoxy) is 5. The highest BCUT2D eigenvalue weighted by Crippen LogP contribution is 2.29. The molecule has 0 radical (unpaired) electrons. The number of rotatable bonds is 15. The summed E-state index contributed by atoms with van der Waals surface area (Å²) in [5, 5.41) is 0. The summed E-state index contributed by atoms with van der Waals surface area (Å²) in [4.78, 5) is 36.0. The molecule has 3 aromatic carbocycles. The third-order valence-electron chi connectivity index (χ3n) is 7.13. The van der Waals surface area contributed by atoms with Gasteiger partial charge in [0, 0.05) is 25.0 Å². The van der Waals surface area contributed by atoms with Crippen molar-refractivity contribution in [3.8, 4) is 28.4 Å². The Morgan fingerprint density at radius 2 is 1.48 bits per heavy atom. The van der Waals surface area contributed by atoms with E-state index in [-0.39, 0.29) is 18.2 Å². The van der Waals surface area contributed by atoms with E-state index in [1.165, 1.54) is 0 Å². The Balaban J connectivity index is 1.32. The fourth-order valence-corrected chi connectivity index (χ4v) is 4.77. The molecule has 8 heteroatoms. The molecule has 0 N–H and O–H groups in total. The highest BCUT2D eigenvalue weighted by Gasteiger charge is 2.35. The van der Waals surface area contributed by atoms with Gasteiger partial charge in [0.1, 0.15) is 29.5 Å². The van der Waals surface area contributed by atoms with E-state index in [4.69, 9.17) is 23.7 Å². The van der Waals surface area contributed by atoms with Crippen LogP contribution in [0.1, 0.15) is 62.7 Å². The van der Waals surface area contributed by atoms with Crippen LogP contribution in [0, 0.1) is 0 Å². The smallest absolute Gasteiger partial charge is 0.343 e. The Labute approximate surface area is 258 Å². The van der Waals surface area contributed by atoms with Crippen LogP contribution in [0.5, 0.6) is 17.2 Å². The van der Waals surface area contributed by atoms with Gasteiger partial charge in [-0.1, -0.05) is 63.6 Å². The van der Waals surface area contributed by atoms with E-state index in [2.05, 4.69) is 20.1 Å². The average molecular weight is 599 g/mol. The second-order valence-corrected chi connectivity index (χ2v) is 10.5. The summed E-state index contributed by atoms with van der Waals surface area (Å²) in [5.74, 6) is 0.131. The molecule has 0 aromatic heterocycles. The molecular formula is C36H38O8. The molecule has 4 rings (SSSR count). The lowest BCUT2D eigenvalue weighted by molar-refractivity contribution is -0.155. The van der Waals surface area contributed by atoms with Crippen LogP contribution in [0.2, 0.25) is 0 Å². The summed E-state index contributed by atoms with van der Waals surface area (Å²) >= 11 is 0. The first-order valence-corrected chi connectivity index (χ1v) is 14.8. The van der Waals surface area contributed by atoms with Crippen LogP contribution in [0.4, 0.5) is 0 Å². The van der Waals surface area contributed by atoms with Crippen LogP contribution < -0.4 is 14.2 Å². The number of cyclic esters (lactones) is 1. The molecular weight excluding hydrogens is 560 g/mol. The zero-order valence-electron chi connectivity index (χ0n) is 25.2. The van der Waals surface area contributed by atoms with Crippen molar-refractivity contribution in [2.24, 2.45) is 0 Å². The highest BCUT2D eigenvalue weighted by atomic mass is 16.7. The molecule has 8 nitrogen and oxygen atoms in total. The van der Waals surface area contributed by atoms with Crippen molar-refractivity contribution in [3.63, 3.8) is 0 Å². The molecule has 0 aliphatic carbocycles. The normalized spacial score (nSPS) is 15.5. The largest absolute Gasteiger partial charge is 0.487 e. The number of carbonyl (C=O) groups excluding carboxylic acids is 3. The van der Waals surface area contributed by atoms with Gasteiger partial charge in [-0.15, -0.1) is 0 Å². The van der Waals surface area contributed by atoms with Crippen LogP contribution in [0.15, 0.2) is 97.6 Å². The van der Waals surface area contributed by atoms with Crippen molar-refractivity contribution in [2.75, 3.05) is 0 Å². The molecule has 1 fully saturated rings. The molecule has 44 heavy (non-hydrogen) atoms. The van der Waals surface area contributed by atoms with E-state index in [1.807, 2.05) is 24.3 Å². The molecule has 0 spiro atoms. The molecule has 1 saturated heterocycles. The SMILES string of the molecule is C=CC(=O)OC(C)Oc1ccc(-c2ccc(OC(=O)c3ccc(OC(CCCCCC)C4CC(=C)C(=O)O4)cc3)cc2)cc1. The highest BCUT2D eigenvalue weighted by molar-refractivity contribution is 5.91. The van der Waals surface area contributed by atoms with E-state index in [9.17, 15) is 14.4 Å². The predicted molar refractivity (Wildman–Crippen MR) is 166 cm³/mol. The van der Waals surface area contributed by atoms with Gasteiger partial charge in [-0.05, 0) is 72.5 Å². The second kappa shape index (κ2) is 15.6. The molecule has 230 valence electrons. The minimum absolute atomic E-state index is 0.291. The lowest BCUT2D eigenvalue weighted by Crippen LogP contribution is -2.31. The van der Waals surface area contributed by atoms with Crippen LogP contribution in [-0.2, 0) is 19.1 Å². The molecule has 3 atom stereocenters. The number of esters is 3. The summed E-state index contributed by atoms with van der Waals surface area (Å²) in [5.41, 5.74) is 2.70. The summed E-state index contributed by atoms with van der Waals surface area (Å²) in [6.45, 7) is 10.9. The Bertz CT molecular complexity index is 1420. The van der Waals surface area contributed by atoms with Crippen LogP contribution in [0.3, 0.4) is 0 Å². The van der Waals surface area contributed by atoms with E-state index >= 15 is 0 Å². The molecule has 1 aliphatic heterocycles. The number of hydrogen-bond donors (Lipinski definition) is 0. The summed E-state index contributed by atoms with van der Waals surface area (Å²) in [7, 11) is 0. The van der Waals surface area contributed by atoms with Crippen LogP contribution in [-0.4, -0.2) is 36.4 Å². The van der Waals surface area contributed by atoms with E-state index in [0.29, 0.717) is 34.8 Å². The molecule has 1 heterocycles. The maximum atomic E-state index is 12.8.